The maximum atomic E-state index is 13.1. The van der Waals surface area contributed by atoms with Crippen molar-refractivity contribution in [1.82, 2.24) is 10.2 Å². The van der Waals surface area contributed by atoms with Crippen LogP contribution in [-0.2, 0) is 0 Å². The molecule has 3 aromatic rings. The quantitative estimate of drug-likeness (QED) is 0.755. The summed E-state index contributed by atoms with van der Waals surface area (Å²) >= 11 is 6.03. The second-order valence-electron chi connectivity index (χ2n) is 4.47. The van der Waals surface area contributed by atoms with Gasteiger partial charge >= 0.3 is 0 Å². The zero-order valence-electron chi connectivity index (χ0n) is 10.7. The molecule has 0 saturated carbocycles. The van der Waals surface area contributed by atoms with E-state index in [9.17, 15) is 4.39 Å². The minimum absolute atomic E-state index is 0.264. The van der Waals surface area contributed by atoms with Gasteiger partial charge in [-0.3, -0.25) is 0 Å². The highest BCUT2D eigenvalue weighted by Gasteiger charge is 2.08. The summed E-state index contributed by atoms with van der Waals surface area (Å²) in [7, 11) is 0. The molecule has 3 nitrogen and oxygen atoms in total. The number of nitrogens with zero attached hydrogens (tertiary/aromatic N) is 2. The molecule has 0 aliphatic carbocycles. The lowest BCUT2D eigenvalue weighted by Gasteiger charge is -2.11. The molecule has 0 atom stereocenters. The summed E-state index contributed by atoms with van der Waals surface area (Å²) in [6.07, 6.45) is 0. The Morgan fingerprint density at radius 1 is 1.05 bits per heavy atom. The summed E-state index contributed by atoms with van der Waals surface area (Å²) in [6, 6.07) is 12.1. The van der Waals surface area contributed by atoms with Crippen LogP contribution in [0.4, 0.5) is 15.9 Å². The van der Waals surface area contributed by atoms with Gasteiger partial charge in [-0.15, -0.1) is 10.2 Å². The summed E-state index contributed by atoms with van der Waals surface area (Å²) in [4.78, 5) is 0. The number of halogens is 2. The number of anilines is 2. The first kappa shape index (κ1) is 12.8. The fourth-order valence-corrected chi connectivity index (χ4v) is 2.26. The van der Waals surface area contributed by atoms with Gasteiger partial charge in [0.2, 0.25) is 0 Å². The van der Waals surface area contributed by atoms with Gasteiger partial charge in [-0.05, 0) is 30.7 Å². The third-order valence-electron chi connectivity index (χ3n) is 3.08. The van der Waals surface area contributed by atoms with Crippen molar-refractivity contribution in [3.8, 4) is 0 Å². The summed E-state index contributed by atoms with van der Waals surface area (Å²) in [5.74, 6) is 0.333. The smallest absolute Gasteiger partial charge is 0.161 e. The Hall–Kier alpha value is -2.20. The van der Waals surface area contributed by atoms with Crippen molar-refractivity contribution >= 4 is 33.9 Å². The molecule has 0 saturated heterocycles. The number of nitrogens with one attached hydrogen (secondary N) is 1. The lowest BCUT2D eigenvalue weighted by Crippen LogP contribution is -1.99. The van der Waals surface area contributed by atoms with Gasteiger partial charge < -0.3 is 5.32 Å². The van der Waals surface area contributed by atoms with Gasteiger partial charge in [0, 0.05) is 16.5 Å². The number of aryl methyl sites for hydroxylation is 1. The predicted molar refractivity (Wildman–Crippen MR) is 79.0 cm³/mol. The first-order chi connectivity index (χ1) is 9.65. The molecule has 1 aromatic heterocycles. The molecule has 1 heterocycles. The number of fused-ring (bicyclic) bond motifs is 1. The van der Waals surface area contributed by atoms with Gasteiger partial charge in [-0.25, -0.2) is 4.39 Å². The van der Waals surface area contributed by atoms with Crippen LogP contribution < -0.4 is 5.32 Å². The van der Waals surface area contributed by atoms with Crippen molar-refractivity contribution < 1.29 is 4.39 Å². The van der Waals surface area contributed by atoms with Crippen LogP contribution in [0.5, 0.6) is 0 Å². The summed E-state index contributed by atoms with van der Waals surface area (Å²) < 4.78 is 13.1. The summed E-state index contributed by atoms with van der Waals surface area (Å²) in [5, 5.41) is 13.2. The van der Waals surface area contributed by atoms with Gasteiger partial charge in [-0.1, -0.05) is 35.9 Å². The van der Waals surface area contributed by atoms with E-state index in [2.05, 4.69) is 15.5 Å². The van der Waals surface area contributed by atoms with E-state index in [-0.39, 0.29) is 5.82 Å². The van der Waals surface area contributed by atoms with E-state index in [4.69, 9.17) is 11.6 Å². The topological polar surface area (TPSA) is 37.8 Å². The predicted octanol–water partition coefficient (Wildman–Crippen LogP) is 4.47. The Kier molecular flexibility index (Phi) is 3.24. The molecule has 1 N–H and O–H groups in total. The standard InChI is InChI=1S/C15H11ClFN3/c1-9-8-10(17)6-7-13(9)18-15-12-5-3-2-4-11(12)14(16)19-20-15/h2-8H,1H3,(H,18,20). The molecule has 0 spiro atoms. The number of hydrogen-bond donors (Lipinski definition) is 1. The largest absolute Gasteiger partial charge is 0.338 e. The van der Waals surface area contributed by atoms with E-state index in [0.29, 0.717) is 11.0 Å². The fraction of sp³-hybridized carbons (Fsp3) is 0.0667. The van der Waals surface area contributed by atoms with Crippen LogP contribution in [0.15, 0.2) is 42.5 Å². The number of hydrogen-bond acceptors (Lipinski definition) is 3. The van der Waals surface area contributed by atoms with Crippen molar-refractivity contribution in [2.24, 2.45) is 0 Å². The van der Waals surface area contributed by atoms with Crippen LogP contribution in [0.3, 0.4) is 0 Å². The Bertz CT molecular complexity index is 789. The maximum Gasteiger partial charge on any atom is 0.161 e. The molecule has 100 valence electrons. The van der Waals surface area contributed by atoms with E-state index in [1.165, 1.54) is 12.1 Å². The third-order valence-corrected chi connectivity index (χ3v) is 3.36. The average Bonchev–Trinajstić information content (AvgIpc) is 2.45. The van der Waals surface area contributed by atoms with Crippen LogP contribution in [-0.4, -0.2) is 10.2 Å². The maximum absolute atomic E-state index is 13.1. The van der Waals surface area contributed by atoms with Gasteiger partial charge in [-0.2, -0.15) is 0 Å². The van der Waals surface area contributed by atoms with Gasteiger partial charge in [0.25, 0.3) is 0 Å². The lowest BCUT2D eigenvalue weighted by molar-refractivity contribution is 0.627. The number of aromatic nitrogens is 2. The molecular weight excluding hydrogens is 277 g/mol. The van der Waals surface area contributed by atoms with E-state index in [1.807, 2.05) is 31.2 Å². The average molecular weight is 288 g/mol. The molecule has 3 rings (SSSR count). The van der Waals surface area contributed by atoms with Crippen LogP contribution >= 0.6 is 11.6 Å². The first-order valence-corrected chi connectivity index (χ1v) is 6.47. The molecule has 5 heteroatoms. The monoisotopic (exact) mass is 287 g/mol. The molecule has 20 heavy (non-hydrogen) atoms. The molecule has 0 amide bonds. The summed E-state index contributed by atoms with van der Waals surface area (Å²) in [5.41, 5.74) is 1.58. The molecule has 0 aliphatic rings. The van der Waals surface area contributed by atoms with Crippen molar-refractivity contribution in [1.29, 1.82) is 0 Å². The Balaban J connectivity index is 2.09. The Morgan fingerprint density at radius 2 is 1.80 bits per heavy atom. The normalized spacial score (nSPS) is 10.8. The van der Waals surface area contributed by atoms with Crippen LogP contribution in [0.25, 0.3) is 10.8 Å². The molecule has 0 aliphatic heterocycles. The molecule has 2 aromatic carbocycles. The lowest BCUT2D eigenvalue weighted by atomic mass is 10.1. The van der Waals surface area contributed by atoms with Crippen molar-refractivity contribution in [3.63, 3.8) is 0 Å². The highest BCUT2D eigenvalue weighted by molar-refractivity contribution is 6.34. The third kappa shape index (κ3) is 2.30. The molecule has 0 radical (unpaired) electrons. The van der Waals surface area contributed by atoms with Crippen molar-refractivity contribution in [2.45, 2.75) is 6.92 Å². The highest BCUT2D eigenvalue weighted by atomic mass is 35.5. The first-order valence-electron chi connectivity index (χ1n) is 6.09. The molecular formula is C15H11ClFN3. The van der Waals surface area contributed by atoms with Gasteiger partial charge in [0.05, 0.1) is 0 Å². The van der Waals surface area contributed by atoms with Crippen molar-refractivity contribution in [3.05, 3.63) is 59.0 Å². The minimum Gasteiger partial charge on any atom is -0.338 e. The summed E-state index contributed by atoms with van der Waals surface area (Å²) in [6.45, 7) is 1.83. The van der Waals surface area contributed by atoms with E-state index in [1.54, 1.807) is 6.07 Å². The molecule has 0 bridgehead atoms. The van der Waals surface area contributed by atoms with Crippen LogP contribution in [0, 0.1) is 12.7 Å². The minimum atomic E-state index is -0.264. The van der Waals surface area contributed by atoms with Crippen LogP contribution in [0.2, 0.25) is 5.15 Å². The molecule has 0 unspecified atom stereocenters. The zero-order valence-corrected chi connectivity index (χ0v) is 11.4. The van der Waals surface area contributed by atoms with Gasteiger partial charge in [0.15, 0.2) is 11.0 Å². The van der Waals surface area contributed by atoms with Crippen molar-refractivity contribution in [2.75, 3.05) is 5.32 Å². The van der Waals surface area contributed by atoms with E-state index in [0.717, 1.165) is 22.0 Å². The van der Waals surface area contributed by atoms with Crippen LogP contribution in [0.1, 0.15) is 5.56 Å². The Labute approximate surface area is 120 Å². The van der Waals surface area contributed by atoms with E-state index < -0.39 is 0 Å². The SMILES string of the molecule is Cc1cc(F)ccc1Nc1nnc(Cl)c2ccccc12. The Morgan fingerprint density at radius 3 is 2.55 bits per heavy atom. The molecule has 0 fully saturated rings. The second kappa shape index (κ2) is 5.06. The second-order valence-corrected chi connectivity index (χ2v) is 4.83. The number of benzene rings is 2. The highest BCUT2D eigenvalue weighted by Crippen LogP contribution is 2.28. The fourth-order valence-electron chi connectivity index (χ4n) is 2.06. The zero-order chi connectivity index (χ0) is 14.1. The number of rotatable bonds is 2. The van der Waals surface area contributed by atoms with E-state index >= 15 is 0 Å². The van der Waals surface area contributed by atoms with Gasteiger partial charge in [0.1, 0.15) is 5.82 Å².